The summed E-state index contributed by atoms with van der Waals surface area (Å²) in [6.07, 6.45) is -2.09. The van der Waals surface area contributed by atoms with Gasteiger partial charge in [0.25, 0.3) is 6.43 Å². The molecule has 1 spiro atoms. The molecule has 1 amide bonds. The minimum Gasteiger partial charge on any atom is -0.376 e. The number of nitrogens with zero attached hydrogens (tertiary/aromatic N) is 1. The van der Waals surface area contributed by atoms with Crippen molar-refractivity contribution in [1.82, 2.24) is 10.3 Å². The highest BCUT2D eigenvalue weighted by molar-refractivity contribution is 5.86. The molecule has 6 heteroatoms. The monoisotopic (exact) mass is 268 g/mol. The number of halogens is 2. The highest BCUT2D eigenvalue weighted by Gasteiger charge is 2.49. The third kappa shape index (κ3) is 1.74. The molecule has 0 saturated carbocycles. The van der Waals surface area contributed by atoms with Gasteiger partial charge in [0.15, 0.2) is 0 Å². The van der Waals surface area contributed by atoms with Crippen LogP contribution in [0.5, 0.6) is 0 Å². The van der Waals surface area contributed by atoms with Crippen molar-refractivity contribution in [3.05, 3.63) is 29.1 Å². The van der Waals surface area contributed by atoms with Gasteiger partial charge in [0, 0.05) is 5.56 Å². The van der Waals surface area contributed by atoms with Crippen LogP contribution < -0.4 is 5.32 Å². The predicted octanol–water partition coefficient (Wildman–Crippen LogP) is 1.87. The van der Waals surface area contributed by atoms with Gasteiger partial charge in [-0.25, -0.2) is 8.78 Å². The molecule has 4 nitrogen and oxygen atoms in total. The predicted molar refractivity (Wildman–Crippen MR) is 62.9 cm³/mol. The minimum atomic E-state index is -2.62. The Morgan fingerprint density at radius 1 is 1.53 bits per heavy atom. The number of amides is 1. The number of aromatic nitrogens is 1. The lowest BCUT2D eigenvalue weighted by Crippen LogP contribution is -2.63. The molecule has 0 aliphatic carbocycles. The summed E-state index contributed by atoms with van der Waals surface area (Å²) in [6.45, 7) is 2.59. The van der Waals surface area contributed by atoms with Gasteiger partial charge in [-0.2, -0.15) is 0 Å². The molecule has 0 bridgehead atoms. The van der Waals surface area contributed by atoms with Gasteiger partial charge in [-0.3, -0.25) is 9.78 Å². The largest absolute Gasteiger partial charge is 0.376 e. The molecule has 2 aliphatic rings. The Labute approximate surface area is 109 Å². The maximum atomic E-state index is 12.8. The fourth-order valence-corrected chi connectivity index (χ4v) is 2.71. The van der Waals surface area contributed by atoms with Gasteiger partial charge < -0.3 is 10.1 Å². The van der Waals surface area contributed by atoms with Crippen molar-refractivity contribution in [3.63, 3.8) is 0 Å². The van der Waals surface area contributed by atoms with Crippen molar-refractivity contribution < 1.29 is 18.3 Å². The molecular weight excluding hydrogens is 254 g/mol. The SMILES string of the molecule is CCC1C(=O)NC2(COC2)c2ccc(C(F)F)nc21. The molecule has 1 unspecified atom stereocenters. The van der Waals surface area contributed by atoms with E-state index in [0.29, 0.717) is 25.3 Å². The zero-order chi connectivity index (χ0) is 13.6. The Bertz CT molecular complexity index is 529. The van der Waals surface area contributed by atoms with Gasteiger partial charge in [0.05, 0.1) is 24.8 Å². The van der Waals surface area contributed by atoms with Gasteiger partial charge in [-0.05, 0) is 12.5 Å². The first-order valence-corrected chi connectivity index (χ1v) is 6.26. The van der Waals surface area contributed by atoms with Crippen LogP contribution in [0.2, 0.25) is 0 Å². The van der Waals surface area contributed by atoms with Crippen LogP contribution >= 0.6 is 0 Å². The van der Waals surface area contributed by atoms with E-state index in [9.17, 15) is 13.6 Å². The molecule has 2 aliphatic heterocycles. The second kappa shape index (κ2) is 4.23. The van der Waals surface area contributed by atoms with Crippen LogP contribution in [-0.4, -0.2) is 24.1 Å². The second-order valence-electron chi connectivity index (χ2n) is 4.99. The van der Waals surface area contributed by atoms with E-state index in [1.165, 1.54) is 6.07 Å². The third-order valence-corrected chi connectivity index (χ3v) is 3.80. The number of pyridine rings is 1. The fourth-order valence-electron chi connectivity index (χ4n) is 2.71. The van der Waals surface area contributed by atoms with Crippen molar-refractivity contribution >= 4 is 5.91 Å². The minimum absolute atomic E-state index is 0.155. The van der Waals surface area contributed by atoms with E-state index in [2.05, 4.69) is 10.3 Å². The number of hydrogen-bond acceptors (Lipinski definition) is 3. The summed E-state index contributed by atoms with van der Waals surface area (Å²) in [7, 11) is 0. The number of rotatable bonds is 2. The van der Waals surface area contributed by atoms with Gasteiger partial charge in [0.2, 0.25) is 5.91 Å². The molecular formula is C13H14F2N2O2. The number of nitrogens with one attached hydrogen (secondary N) is 1. The van der Waals surface area contributed by atoms with Crippen molar-refractivity contribution in [2.45, 2.75) is 31.2 Å². The first-order valence-electron chi connectivity index (χ1n) is 6.26. The van der Waals surface area contributed by atoms with E-state index in [-0.39, 0.29) is 11.6 Å². The number of carbonyl (C=O) groups is 1. The number of ether oxygens (including phenoxy) is 1. The summed E-state index contributed by atoms with van der Waals surface area (Å²) in [5.74, 6) is -0.614. The van der Waals surface area contributed by atoms with Crippen LogP contribution in [0.15, 0.2) is 12.1 Å². The van der Waals surface area contributed by atoms with Gasteiger partial charge in [0.1, 0.15) is 11.2 Å². The molecule has 19 heavy (non-hydrogen) atoms. The highest BCUT2D eigenvalue weighted by Crippen LogP contribution is 2.40. The van der Waals surface area contributed by atoms with Crippen LogP contribution in [0.4, 0.5) is 8.78 Å². The Morgan fingerprint density at radius 2 is 2.26 bits per heavy atom. The van der Waals surface area contributed by atoms with Crippen LogP contribution in [0.3, 0.4) is 0 Å². The van der Waals surface area contributed by atoms with Gasteiger partial charge >= 0.3 is 0 Å². The molecule has 3 rings (SSSR count). The molecule has 1 atom stereocenters. The number of carbonyl (C=O) groups excluding carboxylic acids is 1. The number of fused-ring (bicyclic) bond motifs is 2. The average Bonchev–Trinajstić information content (AvgIpc) is 2.35. The summed E-state index contributed by atoms with van der Waals surface area (Å²) in [5.41, 5.74) is 0.454. The van der Waals surface area contributed by atoms with Gasteiger partial charge in [-0.1, -0.05) is 13.0 Å². The summed E-state index contributed by atoms with van der Waals surface area (Å²) < 4.78 is 30.7. The lowest BCUT2D eigenvalue weighted by Gasteiger charge is -2.47. The van der Waals surface area contributed by atoms with Crippen LogP contribution in [0, 0.1) is 0 Å². The molecule has 0 aromatic carbocycles. The van der Waals surface area contributed by atoms with E-state index in [1.54, 1.807) is 6.07 Å². The molecule has 1 aromatic heterocycles. The topological polar surface area (TPSA) is 51.2 Å². The molecule has 1 N–H and O–H groups in total. The van der Waals surface area contributed by atoms with Crippen LogP contribution in [-0.2, 0) is 15.1 Å². The zero-order valence-electron chi connectivity index (χ0n) is 10.5. The summed E-state index contributed by atoms with van der Waals surface area (Å²) in [4.78, 5) is 16.1. The molecule has 102 valence electrons. The van der Waals surface area contributed by atoms with E-state index in [4.69, 9.17) is 4.74 Å². The molecule has 1 saturated heterocycles. The van der Waals surface area contributed by atoms with E-state index < -0.39 is 17.9 Å². The van der Waals surface area contributed by atoms with E-state index >= 15 is 0 Å². The summed E-state index contributed by atoms with van der Waals surface area (Å²) in [6, 6.07) is 2.97. The Kier molecular flexibility index (Phi) is 2.78. The molecule has 1 fully saturated rings. The van der Waals surface area contributed by atoms with E-state index in [1.807, 2.05) is 6.92 Å². The lowest BCUT2D eigenvalue weighted by atomic mass is 9.78. The van der Waals surface area contributed by atoms with E-state index in [0.717, 1.165) is 5.56 Å². The number of hydrogen-bond donors (Lipinski definition) is 1. The molecule has 1 aromatic rings. The normalized spacial score (nSPS) is 24.0. The first kappa shape index (κ1) is 12.5. The highest BCUT2D eigenvalue weighted by atomic mass is 19.3. The van der Waals surface area contributed by atoms with Gasteiger partial charge in [-0.15, -0.1) is 0 Å². The Balaban J connectivity index is 2.13. The Hall–Kier alpha value is -1.56. The Morgan fingerprint density at radius 3 is 2.79 bits per heavy atom. The smallest absolute Gasteiger partial charge is 0.280 e. The van der Waals surface area contributed by atoms with Crippen molar-refractivity contribution in [3.8, 4) is 0 Å². The average molecular weight is 268 g/mol. The standard InChI is InChI=1S/C13H14F2N2O2/c1-2-7-10-8(3-4-9(16-10)11(14)15)13(5-19-6-13)17-12(7)18/h3-4,7,11H,2,5-6H2,1H3,(H,17,18). The van der Waals surface area contributed by atoms with Crippen LogP contribution in [0.25, 0.3) is 0 Å². The number of alkyl halides is 2. The zero-order valence-corrected chi connectivity index (χ0v) is 10.5. The van der Waals surface area contributed by atoms with Crippen molar-refractivity contribution in [1.29, 1.82) is 0 Å². The second-order valence-corrected chi connectivity index (χ2v) is 4.99. The van der Waals surface area contributed by atoms with Crippen molar-refractivity contribution in [2.75, 3.05) is 13.2 Å². The lowest BCUT2D eigenvalue weighted by molar-refractivity contribution is -0.138. The maximum absolute atomic E-state index is 12.8. The fraction of sp³-hybridized carbons (Fsp3) is 0.538. The quantitative estimate of drug-likeness (QED) is 0.890. The molecule has 0 radical (unpaired) electrons. The summed E-state index contributed by atoms with van der Waals surface area (Å²) in [5, 5.41) is 2.94. The summed E-state index contributed by atoms with van der Waals surface area (Å²) >= 11 is 0. The molecule has 3 heterocycles. The van der Waals surface area contributed by atoms with Crippen molar-refractivity contribution in [2.24, 2.45) is 0 Å². The third-order valence-electron chi connectivity index (χ3n) is 3.80. The van der Waals surface area contributed by atoms with Crippen LogP contribution in [0.1, 0.15) is 42.6 Å². The first-order chi connectivity index (χ1) is 9.07. The maximum Gasteiger partial charge on any atom is 0.280 e.